The summed E-state index contributed by atoms with van der Waals surface area (Å²) in [5.41, 5.74) is 0. The molecule has 29 radical (unpaired) electrons. The minimum Gasteiger partial charge on any atom is 0 e. The Morgan fingerprint density at radius 2 is 0.0345 bits per heavy atom. The topological polar surface area (TPSA) is 0 Å². The summed E-state index contributed by atoms with van der Waals surface area (Å²) in [4.78, 5) is 0. The third kappa shape index (κ3) is 197. The average molecular weight is 2580 g/mol. The van der Waals surface area contributed by atoms with Crippen LogP contribution in [-0.2, 0) is 949 Å². The Morgan fingerprint density at radius 3 is 0.0345 bits per heavy atom. The van der Waals surface area contributed by atoms with Gasteiger partial charge in [-0.15, -0.1) is 0 Å². The molecular formula is Y29. The van der Waals surface area contributed by atoms with E-state index >= 15 is 0 Å². The molecule has 0 aliphatic heterocycles. The van der Waals surface area contributed by atoms with Crippen molar-refractivity contribution >= 4 is 0 Å². The van der Waals surface area contributed by atoms with E-state index in [0.717, 1.165) is 0 Å². The van der Waals surface area contributed by atoms with E-state index in [4.69, 9.17) is 0 Å². The van der Waals surface area contributed by atoms with E-state index in [1.54, 1.807) is 0 Å². The number of hydrogen-bond acceptors (Lipinski definition) is 0. The van der Waals surface area contributed by atoms with Gasteiger partial charge in [0.25, 0.3) is 0 Å². The zero-order valence-corrected chi connectivity index (χ0v) is 99.1. The van der Waals surface area contributed by atoms with Crippen LogP contribution in [0.5, 0.6) is 0 Å². The Bertz CT molecular complexity index is 0. The van der Waals surface area contributed by atoms with Gasteiger partial charge in [0, 0.05) is 949 Å². The molecule has 0 spiro atoms. The van der Waals surface area contributed by atoms with Crippen LogP contribution in [0.15, 0.2) is 0 Å². The molecule has 0 unspecified atom stereocenters. The van der Waals surface area contributed by atoms with Crippen LogP contribution in [-0.4, -0.2) is 0 Å². The molecule has 0 amide bonds. The molecule has 0 saturated carbocycles. The first kappa shape index (κ1) is 214. The summed E-state index contributed by atoms with van der Waals surface area (Å²) in [6, 6.07) is 0. The molecule has 0 bridgehead atoms. The molecule has 0 saturated heterocycles. The van der Waals surface area contributed by atoms with Gasteiger partial charge in [-0.05, 0) is 0 Å². The second-order valence-electron chi connectivity index (χ2n) is 0. The quantitative estimate of drug-likeness (QED) is 0.320. The standard InChI is InChI=1S/29Y. The van der Waals surface area contributed by atoms with E-state index in [9.17, 15) is 0 Å². The minimum absolute atomic E-state index is 0. The van der Waals surface area contributed by atoms with E-state index in [-0.39, 0.29) is 949 Å². The van der Waals surface area contributed by atoms with Crippen LogP contribution in [0, 0.1) is 0 Å². The second kappa shape index (κ2) is 204. The third-order valence-electron chi connectivity index (χ3n) is 0. The molecule has 87 valence electrons. The molecular weight excluding hydrogens is 2580 g/mol. The molecule has 0 aliphatic rings. The van der Waals surface area contributed by atoms with Gasteiger partial charge in [0.1, 0.15) is 0 Å². The third-order valence-corrected chi connectivity index (χ3v) is 0. The van der Waals surface area contributed by atoms with Crippen molar-refractivity contribution in [3.05, 3.63) is 0 Å². The van der Waals surface area contributed by atoms with Crippen molar-refractivity contribution in [3.63, 3.8) is 0 Å². The van der Waals surface area contributed by atoms with Crippen LogP contribution < -0.4 is 0 Å². The first-order valence-electron chi connectivity index (χ1n) is 0. The van der Waals surface area contributed by atoms with Crippen LogP contribution in [0.25, 0.3) is 0 Å². The van der Waals surface area contributed by atoms with Gasteiger partial charge >= 0.3 is 0 Å². The average Bonchev–Trinajstić information content (AvgIpc) is 0. The van der Waals surface area contributed by atoms with Crippen molar-refractivity contribution in [1.82, 2.24) is 0 Å². The van der Waals surface area contributed by atoms with Gasteiger partial charge in [-0.2, -0.15) is 0 Å². The van der Waals surface area contributed by atoms with Gasteiger partial charge in [0.05, 0.1) is 0 Å². The summed E-state index contributed by atoms with van der Waals surface area (Å²) in [6.45, 7) is 0. The zero-order valence-electron chi connectivity index (χ0n) is 16.7. The smallest absolute Gasteiger partial charge is 0 e. The molecule has 0 aromatic rings. The molecule has 0 N–H and O–H groups in total. The predicted octanol–water partition coefficient (Wildman–Crippen LogP) is -0.0725. The molecule has 0 rings (SSSR count). The fourth-order valence-corrected chi connectivity index (χ4v) is 0. The number of rotatable bonds is 0. The maximum Gasteiger partial charge on any atom is 0 e. The summed E-state index contributed by atoms with van der Waals surface area (Å²) in [5, 5.41) is 0. The van der Waals surface area contributed by atoms with E-state index in [1.165, 1.54) is 0 Å². The molecule has 0 aromatic carbocycles. The molecule has 0 fully saturated rings. The Balaban J connectivity index is 0. The van der Waals surface area contributed by atoms with Gasteiger partial charge < -0.3 is 0 Å². The summed E-state index contributed by atoms with van der Waals surface area (Å²) < 4.78 is 0. The second-order valence-corrected chi connectivity index (χ2v) is 0. The van der Waals surface area contributed by atoms with Gasteiger partial charge in [0.2, 0.25) is 0 Å². The summed E-state index contributed by atoms with van der Waals surface area (Å²) >= 11 is 0. The predicted molar refractivity (Wildman–Crippen MR) is 0 cm³/mol. The Kier molecular flexibility index (Phi) is 1510. The molecule has 29 heavy (non-hydrogen) atoms. The van der Waals surface area contributed by atoms with Crippen molar-refractivity contribution in [2.75, 3.05) is 0 Å². The van der Waals surface area contributed by atoms with Gasteiger partial charge in [0.15, 0.2) is 0 Å². The van der Waals surface area contributed by atoms with E-state index in [2.05, 4.69) is 0 Å². The normalized spacial score (nSPS) is 0. The molecule has 0 aromatic heterocycles. The Morgan fingerprint density at radius 1 is 0.0345 bits per heavy atom. The van der Waals surface area contributed by atoms with Crippen LogP contribution in [0.3, 0.4) is 0 Å². The van der Waals surface area contributed by atoms with Gasteiger partial charge in [-0.25, -0.2) is 0 Å². The fraction of sp³-hybridized carbons (Fsp3) is 0. The van der Waals surface area contributed by atoms with Crippen LogP contribution >= 0.6 is 0 Å². The maximum atomic E-state index is 0. The van der Waals surface area contributed by atoms with Crippen LogP contribution in [0.4, 0.5) is 0 Å². The minimum atomic E-state index is 0. The zero-order chi connectivity index (χ0) is 0. The van der Waals surface area contributed by atoms with Crippen molar-refractivity contribution in [2.24, 2.45) is 0 Å². The summed E-state index contributed by atoms with van der Waals surface area (Å²) in [5.74, 6) is 0. The van der Waals surface area contributed by atoms with Gasteiger partial charge in [-0.3, -0.25) is 0 Å². The largest absolute Gasteiger partial charge is 0 e. The molecule has 0 nitrogen and oxygen atoms in total. The Hall–Kier alpha value is 32.0. The molecule has 0 aliphatic carbocycles. The van der Waals surface area contributed by atoms with E-state index in [1.807, 2.05) is 0 Å². The maximum absolute atomic E-state index is 0. The van der Waals surface area contributed by atoms with Gasteiger partial charge in [-0.1, -0.05) is 0 Å². The fourth-order valence-electron chi connectivity index (χ4n) is 0. The van der Waals surface area contributed by atoms with E-state index < -0.39 is 0 Å². The van der Waals surface area contributed by atoms with Crippen molar-refractivity contribution in [1.29, 1.82) is 0 Å². The van der Waals surface area contributed by atoms with Crippen molar-refractivity contribution < 1.29 is 949 Å². The summed E-state index contributed by atoms with van der Waals surface area (Å²) in [7, 11) is 0. The molecule has 0 heterocycles. The first-order valence-corrected chi connectivity index (χ1v) is 0. The van der Waals surface area contributed by atoms with Crippen molar-refractivity contribution in [3.8, 4) is 0 Å². The van der Waals surface area contributed by atoms with Crippen LogP contribution in [0.1, 0.15) is 0 Å². The SMILES string of the molecule is [Y].[Y].[Y].[Y].[Y].[Y].[Y].[Y].[Y].[Y].[Y].[Y].[Y].[Y].[Y].[Y].[Y].[Y].[Y].[Y].[Y].[Y].[Y].[Y].[Y].[Y].[Y].[Y].[Y]. The summed E-state index contributed by atoms with van der Waals surface area (Å²) in [6.07, 6.45) is 0. The molecule has 0 atom stereocenters. The van der Waals surface area contributed by atoms with Crippen molar-refractivity contribution in [2.45, 2.75) is 0 Å². The Labute approximate surface area is 911 Å². The van der Waals surface area contributed by atoms with Crippen LogP contribution in [0.2, 0.25) is 0 Å². The first-order chi connectivity index (χ1) is 0. The monoisotopic (exact) mass is 2580 g/mol. The molecule has 29 heteroatoms. The van der Waals surface area contributed by atoms with E-state index in [0.29, 0.717) is 0 Å². The number of hydrogen-bond donors (Lipinski definition) is 0.